The summed E-state index contributed by atoms with van der Waals surface area (Å²) in [6.07, 6.45) is 4.98. The molecule has 30 heavy (non-hydrogen) atoms. The van der Waals surface area contributed by atoms with E-state index in [0.717, 1.165) is 34.6 Å². The number of rotatable bonds is 6. The van der Waals surface area contributed by atoms with E-state index in [2.05, 4.69) is 20.6 Å². The van der Waals surface area contributed by atoms with Gasteiger partial charge in [-0.3, -0.25) is 4.79 Å². The Labute approximate surface area is 179 Å². The van der Waals surface area contributed by atoms with Gasteiger partial charge in [0, 0.05) is 29.8 Å². The van der Waals surface area contributed by atoms with Crippen LogP contribution in [0.25, 0.3) is 5.70 Å². The fraction of sp³-hybridized carbons (Fsp3) is 0.250. The number of allylic oxidation sites excluding steroid dienone is 2. The molecule has 0 bridgehead atoms. The molecular weight excluding hydrogens is 395 g/mol. The number of aliphatic imine (C=N–C) groups is 1. The topological polar surface area (TPSA) is 59.9 Å². The molecule has 2 aliphatic heterocycles. The lowest BCUT2D eigenvalue weighted by Gasteiger charge is -2.22. The molecule has 154 valence electrons. The Balaban J connectivity index is 1.49. The van der Waals surface area contributed by atoms with Gasteiger partial charge in [-0.1, -0.05) is 36.4 Å². The molecule has 0 spiro atoms. The molecule has 2 unspecified atom stereocenters. The summed E-state index contributed by atoms with van der Waals surface area (Å²) in [5.41, 5.74) is 2.72. The summed E-state index contributed by atoms with van der Waals surface area (Å²) < 4.78 is 11.6. The van der Waals surface area contributed by atoms with Gasteiger partial charge in [-0.15, -0.1) is 9.24 Å². The second-order valence-electron chi connectivity index (χ2n) is 7.27. The van der Waals surface area contributed by atoms with Crippen molar-refractivity contribution in [2.75, 3.05) is 13.2 Å². The van der Waals surface area contributed by atoms with Gasteiger partial charge < -0.3 is 14.8 Å². The first-order valence-corrected chi connectivity index (χ1v) is 10.7. The second-order valence-corrected chi connectivity index (χ2v) is 7.89. The summed E-state index contributed by atoms with van der Waals surface area (Å²) >= 11 is 0. The predicted octanol–water partition coefficient (Wildman–Crippen LogP) is 3.87. The first kappa shape index (κ1) is 20.4. The average Bonchev–Trinajstić information content (AvgIpc) is 2.92. The number of amidine groups is 1. The molecule has 0 saturated heterocycles. The monoisotopic (exact) mass is 420 g/mol. The van der Waals surface area contributed by atoms with Crippen LogP contribution in [0.5, 0.6) is 11.5 Å². The van der Waals surface area contributed by atoms with Crippen LogP contribution in [0.15, 0.2) is 71.4 Å². The van der Waals surface area contributed by atoms with E-state index < -0.39 is 0 Å². The van der Waals surface area contributed by atoms with Crippen molar-refractivity contribution in [3.05, 3.63) is 71.9 Å². The highest BCUT2D eigenvalue weighted by Crippen LogP contribution is 2.28. The lowest BCUT2D eigenvalue weighted by molar-refractivity contribution is -0.115. The number of carbonyl (C=O) groups is 1. The summed E-state index contributed by atoms with van der Waals surface area (Å²) in [6, 6.07) is 15.8. The second kappa shape index (κ2) is 9.27. The van der Waals surface area contributed by atoms with Crippen molar-refractivity contribution < 1.29 is 14.3 Å². The van der Waals surface area contributed by atoms with Crippen molar-refractivity contribution in [1.29, 1.82) is 0 Å². The molecule has 0 fully saturated rings. The fourth-order valence-corrected chi connectivity index (χ4v) is 3.82. The molecule has 0 radical (unpaired) electrons. The normalized spacial score (nSPS) is 18.3. The molecule has 6 heteroatoms. The molecule has 1 N–H and O–H groups in total. The van der Waals surface area contributed by atoms with Crippen LogP contribution in [0.4, 0.5) is 0 Å². The number of ketones is 1. The standard InChI is InChI=1S/C24H25N2O3P/c1-2-28-22-14-20(9-11-23(22)30)29-15-18-13-19(27)12-17-8-10-21(26-24(17)25-18)16-6-4-3-5-7-16/h3-7,9-11,13-14,17H,2,8,12,15,30H2,1H3,(H,25,26). The first-order valence-electron chi connectivity index (χ1n) is 10.1. The number of ether oxygens (including phenoxy) is 2. The van der Waals surface area contributed by atoms with Crippen LogP contribution in [-0.2, 0) is 4.79 Å². The molecule has 2 aliphatic rings. The predicted molar refractivity (Wildman–Crippen MR) is 123 cm³/mol. The Kier molecular flexibility index (Phi) is 6.29. The van der Waals surface area contributed by atoms with Crippen LogP contribution in [0, 0.1) is 5.92 Å². The largest absolute Gasteiger partial charge is 0.493 e. The Morgan fingerprint density at radius 1 is 1.17 bits per heavy atom. The van der Waals surface area contributed by atoms with Crippen molar-refractivity contribution in [1.82, 2.24) is 5.32 Å². The van der Waals surface area contributed by atoms with E-state index in [-0.39, 0.29) is 18.3 Å². The van der Waals surface area contributed by atoms with Crippen molar-refractivity contribution in [2.24, 2.45) is 10.9 Å². The highest BCUT2D eigenvalue weighted by atomic mass is 31.0. The van der Waals surface area contributed by atoms with Crippen LogP contribution in [0.1, 0.15) is 25.3 Å². The molecule has 0 saturated carbocycles. The van der Waals surface area contributed by atoms with E-state index >= 15 is 0 Å². The van der Waals surface area contributed by atoms with Gasteiger partial charge in [0.2, 0.25) is 0 Å². The molecule has 5 nitrogen and oxygen atoms in total. The summed E-state index contributed by atoms with van der Waals surface area (Å²) in [5, 5.41) is 4.34. The van der Waals surface area contributed by atoms with E-state index in [1.807, 2.05) is 55.5 Å². The van der Waals surface area contributed by atoms with Crippen molar-refractivity contribution in [2.45, 2.75) is 19.8 Å². The van der Waals surface area contributed by atoms with Gasteiger partial charge in [-0.05, 0) is 31.0 Å². The van der Waals surface area contributed by atoms with E-state index in [1.165, 1.54) is 0 Å². The van der Waals surface area contributed by atoms with E-state index in [4.69, 9.17) is 14.5 Å². The van der Waals surface area contributed by atoms with Crippen molar-refractivity contribution >= 4 is 31.9 Å². The number of nitrogens with one attached hydrogen (secondary N) is 1. The third-order valence-corrected chi connectivity index (χ3v) is 5.52. The molecule has 2 heterocycles. The van der Waals surface area contributed by atoms with E-state index in [1.54, 1.807) is 6.08 Å². The lowest BCUT2D eigenvalue weighted by atomic mass is 9.94. The average molecular weight is 420 g/mol. The third-order valence-electron chi connectivity index (χ3n) is 5.04. The number of benzene rings is 2. The molecule has 2 aromatic rings. The highest BCUT2D eigenvalue weighted by molar-refractivity contribution is 7.27. The molecule has 2 aromatic carbocycles. The molecular formula is C24H25N2O3P. The molecule has 0 aromatic heterocycles. The maximum absolute atomic E-state index is 12.4. The first-order chi connectivity index (χ1) is 14.6. The maximum atomic E-state index is 12.4. The molecule has 0 amide bonds. The van der Waals surface area contributed by atoms with Gasteiger partial charge >= 0.3 is 0 Å². The summed E-state index contributed by atoms with van der Waals surface area (Å²) in [6.45, 7) is 2.79. The zero-order chi connectivity index (χ0) is 20.9. The SMILES string of the molecule is CCOc1cc(OCC2=CC(=O)CC3CC=C(c4ccccc4)N=C3N2)ccc1P. The Bertz CT molecular complexity index is 1030. The van der Waals surface area contributed by atoms with Gasteiger partial charge in [-0.2, -0.15) is 0 Å². The third kappa shape index (κ3) is 4.80. The van der Waals surface area contributed by atoms with Gasteiger partial charge in [0.05, 0.1) is 18.0 Å². The fourth-order valence-electron chi connectivity index (χ4n) is 3.55. The zero-order valence-corrected chi connectivity index (χ0v) is 18.1. The van der Waals surface area contributed by atoms with E-state index in [9.17, 15) is 4.79 Å². The van der Waals surface area contributed by atoms with Gasteiger partial charge in [-0.25, -0.2) is 4.99 Å². The Hall–Kier alpha value is -2.91. The van der Waals surface area contributed by atoms with Crippen molar-refractivity contribution in [3.8, 4) is 11.5 Å². The number of carbonyl (C=O) groups excluding carboxylic acids is 1. The highest BCUT2D eigenvalue weighted by Gasteiger charge is 2.26. The van der Waals surface area contributed by atoms with Crippen LogP contribution >= 0.6 is 9.24 Å². The van der Waals surface area contributed by atoms with Crippen LogP contribution in [0.3, 0.4) is 0 Å². The molecule has 0 aliphatic carbocycles. The van der Waals surface area contributed by atoms with Crippen molar-refractivity contribution in [3.63, 3.8) is 0 Å². The quantitative estimate of drug-likeness (QED) is 0.721. The minimum absolute atomic E-state index is 0.0691. The lowest BCUT2D eigenvalue weighted by Crippen LogP contribution is -2.32. The van der Waals surface area contributed by atoms with Gasteiger partial charge in [0.1, 0.15) is 23.9 Å². The summed E-state index contributed by atoms with van der Waals surface area (Å²) in [4.78, 5) is 17.2. The van der Waals surface area contributed by atoms with E-state index in [0.29, 0.717) is 24.5 Å². The van der Waals surface area contributed by atoms with Crippen LogP contribution in [0.2, 0.25) is 0 Å². The van der Waals surface area contributed by atoms with Gasteiger partial charge in [0.15, 0.2) is 5.78 Å². The number of hydrogen-bond donors (Lipinski definition) is 1. The maximum Gasteiger partial charge on any atom is 0.158 e. The minimum atomic E-state index is 0.0691. The molecule has 4 rings (SSSR count). The Morgan fingerprint density at radius 2 is 2.00 bits per heavy atom. The summed E-state index contributed by atoms with van der Waals surface area (Å²) in [5.74, 6) is 2.44. The zero-order valence-electron chi connectivity index (χ0n) is 16.9. The minimum Gasteiger partial charge on any atom is -0.493 e. The Morgan fingerprint density at radius 3 is 2.80 bits per heavy atom. The van der Waals surface area contributed by atoms with Gasteiger partial charge in [0.25, 0.3) is 0 Å². The number of hydrogen-bond acceptors (Lipinski definition) is 5. The summed E-state index contributed by atoms with van der Waals surface area (Å²) in [7, 11) is 2.65. The molecule has 2 atom stereocenters. The van der Waals surface area contributed by atoms with Crippen LogP contribution in [-0.4, -0.2) is 24.8 Å². The number of fused-ring (bicyclic) bond motifs is 1. The van der Waals surface area contributed by atoms with Crippen LogP contribution < -0.4 is 20.1 Å². The smallest absolute Gasteiger partial charge is 0.158 e. The number of nitrogens with zero attached hydrogens (tertiary/aromatic N) is 1.